The van der Waals surface area contributed by atoms with Gasteiger partial charge in [0.1, 0.15) is 0 Å². The molecule has 110 valence electrons. The first-order chi connectivity index (χ1) is 10.0. The third-order valence-electron chi connectivity index (χ3n) is 3.16. The Balaban J connectivity index is 2.14. The van der Waals surface area contributed by atoms with E-state index in [9.17, 15) is 9.90 Å². The van der Waals surface area contributed by atoms with E-state index in [1.54, 1.807) is 18.2 Å². The molecular formula is C16H16ClNO3. The summed E-state index contributed by atoms with van der Waals surface area (Å²) >= 11 is 6.11. The quantitative estimate of drug-likeness (QED) is 0.908. The molecule has 0 aromatic heterocycles. The first kappa shape index (κ1) is 15.2. The molecule has 1 amide bonds. The minimum Gasteiger partial charge on any atom is -0.504 e. The van der Waals surface area contributed by atoms with Crippen molar-refractivity contribution in [2.75, 3.05) is 7.11 Å². The van der Waals surface area contributed by atoms with Crippen LogP contribution in [0.25, 0.3) is 0 Å². The first-order valence-corrected chi connectivity index (χ1v) is 6.83. The van der Waals surface area contributed by atoms with Gasteiger partial charge >= 0.3 is 0 Å². The topological polar surface area (TPSA) is 58.6 Å². The molecule has 1 unspecified atom stereocenters. The van der Waals surface area contributed by atoms with Gasteiger partial charge in [0.05, 0.1) is 13.2 Å². The molecule has 2 aromatic carbocycles. The van der Waals surface area contributed by atoms with E-state index in [-0.39, 0.29) is 17.7 Å². The fourth-order valence-electron chi connectivity index (χ4n) is 2.02. The van der Waals surface area contributed by atoms with Crippen LogP contribution in [0.5, 0.6) is 11.5 Å². The number of carbonyl (C=O) groups excluding carboxylic acids is 1. The molecule has 2 N–H and O–H groups in total. The first-order valence-electron chi connectivity index (χ1n) is 6.45. The Bertz CT molecular complexity index is 658. The highest BCUT2D eigenvalue weighted by molar-refractivity contribution is 6.31. The van der Waals surface area contributed by atoms with E-state index >= 15 is 0 Å². The third-order valence-corrected chi connectivity index (χ3v) is 3.50. The number of benzene rings is 2. The molecule has 0 spiro atoms. The number of rotatable bonds is 4. The second-order valence-corrected chi connectivity index (χ2v) is 5.01. The normalized spacial score (nSPS) is 11.8. The number of hydrogen-bond donors (Lipinski definition) is 2. The number of phenols is 1. The maximum absolute atomic E-state index is 12.2. The molecule has 0 bridgehead atoms. The van der Waals surface area contributed by atoms with E-state index in [0.717, 1.165) is 5.56 Å². The van der Waals surface area contributed by atoms with Crippen molar-refractivity contribution in [2.24, 2.45) is 0 Å². The van der Waals surface area contributed by atoms with Gasteiger partial charge in [-0.1, -0.05) is 29.8 Å². The van der Waals surface area contributed by atoms with Gasteiger partial charge in [0, 0.05) is 10.6 Å². The van der Waals surface area contributed by atoms with Gasteiger partial charge < -0.3 is 15.2 Å². The highest BCUT2D eigenvalue weighted by atomic mass is 35.5. The Morgan fingerprint density at radius 2 is 2.00 bits per heavy atom. The molecule has 0 fully saturated rings. The predicted molar refractivity (Wildman–Crippen MR) is 82.0 cm³/mol. The van der Waals surface area contributed by atoms with Gasteiger partial charge in [-0.2, -0.15) is 0 Å². The van der Waals surface area contributed by atoms with Crippen molar-refractivity contribution >= 4 is 17.5 Å². The average Bonchev–Trinajstić information content (AvgIpc) is 2.47. The summed E-state index contributed by atoms with van der Waals surface area (Å²) in [5, 5.41) is 13.2. The highest BCUT2D eigenvalue weighted by Crippen LogP contribution is 2.27. The Hall–Kier alpha value is -2.20. The largest absolute Gasteiger partial charge is 0.504 e. The van der Waals surface area contributed by atoms with Gasteiger partial charge in [0.2, 0.25) is 0 Å². The average molecular weight is 306 g/mol. The third kappa shape index (κ3) is 3.47. The van der Waals surface area contributed by atoms with Crippen LogP contribution >= 0.6 is 11.6 Å². The molecule has 5 heteroatoms. The van der Waals surface area contributed by atoms with Crippen LogP contribution in [0.4, 0.5) is 0 Å². The Kier molecular flexibility index (Phi) is 4.70. The van der Waals surface area contributed by atoms with E-state index in [4.69, 9.17) is 16.3 Å². The summed E-state index contributed by atoms with van der Waals surface area (Å²) in [4.78, 5) is 12.2. The van der Waals surface area contributed by atoms with Crippen LogP contribution in [0.15, 0.2) is 42.5 Å². The van der Waals surface area contributed by atoms with Crippen molar-refractivity contribution in [3.05, 3.63) is 58.6 Å². The molecule has 2 rings (SSSR count). The maximum atomic E-state index is 12.2. The summed E-state index contributed by atoms with van der Waals surface area (Å²) in [6, 6.07) is 11.6. The number of amides is 1. The smallest absolute Gasteiger partial charge is 0.251 e. The van der Waals surface area contributed by atoms with Crippen molar-refractivity contribution < 1.29 is 14.6 Å². The van der Waals surface area contributed by atoms with Gasteiger partial charge in [-0.3, -0.25) is 4.79 Å². The van der Waals surface area contributed by atoms with Gasteiger partial charge in [-0.05, 0) is 36.8 Å². The minimum absolute atomic E-state index is 0.0736. The van der Waals surface area contributed by atoms with Crippen molar-refractivity contribution in [3.8, 4) is 11.5 Å². The van der Waals surface area contributed by atoms with E-state index < -0.39 is 0 Å². The summed E-state index contributed by atoms with van der Waals surface area (Å²) in [6.45, 7) is 1.85. The molecule has 0 aliphatic rings. The van der Waals surface area contributed by atoms with Crippen LogP contribution in [0.1, 0.15) is 28.9 Å². The number of ether oxygens (including phenoxy) is 1. The lowest BCUT2D eigenvalue weighted by Crippen LogP contribution is -2.26. The van der Waals surface area contributed by atoms with Crippen LogP contribution < -0.4 is 10.1 Å². The van der Waals surface area contributed by atoms with Crippen molar-refractivity contribution in [1.29, 1.82) is 0 Å². The van der Waals surface area contributed by atoms with E-state index in [1.165, 1.54) is 13.2 Å². The second kappa shape index (κ2) is 6.50. The summed E-state index contributed by atoms with van der Waals surface area (Å²) in [6.07, 6.45) is 0. The van der Waals surface area contributed by atoms with Crippen LogP contribution in [0.3, 0.4) is 0 Å². The zero-order valence-corrected chi connectivity index (χ0v) is 12.5. The lowest BCUT2D eigenvalue weighted by atomic mass is 10.1. The molecule has 0 saturated carbocycles. The lowest BCUT2D eigenvalue weighted by Gasteiger charge is -2.16. The molecule has 0 radical (unpaired) electrons. The summed E-state index contributed by atoms with van der Waals surface area (Å²) in [5.41, 5.74) is 1.19. The lowest BCUT2D eigenvalue weighted by molar-refractivity contribution is 0.0939. The Morgan fingerprint density at radius 1 is 1.29 bits per heavy atom. The molecule has 21 heavy (non-hydrogen) atoms. The van der Waals surface area contributed by atoms with Crippen LogP contribution in [0, 0.1) is 0 Å². The van der Waals surface area contributed by atoms with Gasteiger partial charge in [0.25, 0.3) is 5.91 Å². The fourth-order valence-corrected chi connectivity index (χ4v) is 2.31. The van der Waals surface area contributed by atoms with E-state index in [2.05, 4.69) is 5.32 Å². The number of halogens is 1. The number of phenolic OH excluding ortho intramolecular Hbond substituents is 1. The molecule has 4 nitrogen and oxygen atoms in total. The second-order valence-electron chi connectivity index (χ2n) is 4.60. The predicted octanol–water partition coefficient (Wildman–Crippen LogP) is 3.55. The standard InChI is InChI=1S/C16H16ClNO3/c1-10(12-5-3-4-6-13(12)17)18-16(20)11-7-8-15(21-2)14(19)9-11/h3-10,19H,1-2H3,(H,18,20). The van der Waals surface area contributed by atoms with E-state index in [0.29, 0.717) is 16.3 Å². The van der Waals surface area contributed by atoms with Crippen molar-refractivity contribution in [2.45, 2.75) is 13.0 Å². The Morgan fingerprint density at radius 3 is 2.62 bits per heavy atom. The fraction of sp³-hybridized carbons (Fsp3) is 0.188. The van der Waals surface area contributed by atoms with Gasteiger partial charge in [-0.25, -0.2) is 0 Å². The minimum atomic E-state index is -0.291. The Labute approximate surface area is 128 Å². The molecule has 0 heterocycles. The van der Waals surface area contributed by atoms with E-state index in [1.807, 2.05) is 25.1 Å². The molecular weight excluding hydrogens is 290 g/mol. The summed E-state index contributed by atoms with van der Waals surface area (Å²) in [7, 11) is 1.45. The number of aromatic hydroxyl groups is 1. The van der Waals surface area contributed by atoms with Crippen LogP contribution in [-0.2, 0) is 0 Å². The van der Waals surface area contributed by atoms with Crippen LogP contribution in [-0.4, -0.2) is 18.1 Å². The molecule has 0 aliphatic carbocycles. The SMILES string of the molecule is COc1ccc(C(=O)NC(C)c2ccccc2Cl)cc1O. The van der Waals surface area contributed by atoms with Crippen molar-refractivity contribution in [3.63, 3.8) is 0 Å². The monoisotopic (exact) mass is 305 g/mol. The molecule has 0 saturated heterocycles. The number of hydrogen-bond acceptors (Lipinski definition) is 3. The number of nitrogens with one attached hydrogen (secondary N) is 1. The summed E-state index contributed by atoms with van der Waals surface area (Å²) < 4.78 is 4.95. The molecule has 1 atom stereocenters. The van der Waals surface area contributed by atoms with Gasteiger partial charge in [0.15, 0.2) is 11.5 Å². The highest BCUT2D eigenvalue weighted by Gasteiger charge is 2.15. The zero-order chi connectivity index (χ0) is 15.4. The molecule has 2 aromatic rings. The molecule has 0 aliphatic heterocycles. The number of methoxy groups -OCH3 is 1. The van der Waals surface area contributed by atoms with Crippen LogP contribution in [0.2, 0.25) is 5.02 Å². The van der Waals surface area contributed by atoms with Crippen molar-refractivity contribution in [1.82, 2.24) is 5.32 Å². The maximum Gasteiger partial charge on any atom is 0.251 e. The summed E-state index contributed by atoms with van der Waals surface area (Å²) in [5.74, 6) is -0.0402. The zero-order valence-electron chi connectivity index (χ0n) is 11.8. The number of carbonyl (C=O) groups is 1. The van der Waals surface area contributed by atoms with Gasteiger partial charge in [-0.15, -0.1) is 0 Å².